The van der Waals surface area contributed by atoms with E-state index in [4.69, 9.17) is 0 Å². The van der Waals surface area contributed by atoms with Crippen LogP contribution in [-0.2, 0) is 12.8 Å². The predicted octanol–water partition coefficient (Wildman–Crippen LogP) is 4.54. The molecule has 1 aromatic carbocycles. The van der Waals surface area contributed by atoms with Crippen molar-refractivity contribution in [3.8, 4) is 0 Å². The number of fused-ring (bicyclic) bond motifs is 3. The molecule has 2 aromatic rings. The van der Waals surface area contributed by atoms with Crippen molar-refractivity contribution in [3.63, 3.8) is 0 Å². The predicted molar refractivity (Wildman–Crippen MR) is 93.3 cm³/mol. The quantitative estimate of drug-likeness (QED) is 0.858. The average Bonchev–Trinajstić information content (AvgIpc) is 2.98. The Hall–Kier alpha value is -1.28. The van der Waals surface area contributed by atoms with Gasteiger partial charge in [0, 0.05) is 29.7 Å². The van der Waals surface area contributed by atoms with Crippen molar-refractivity contribution in [3.05, 3.63) is 35.5 Å². The number of aromatic amines is 1. The maximum Gasteiger partial charge on any atom is 0.0456 e. The molecule has 118 valence electrons. The Morgan fingerprint density at radius 3 is 2.86 bits per heavy atom. The molecular weight excluding hydrogens is 268 g/mol. The number of nitrogens with one attached hydrogen (secondary N) is 1. The van der Waals surface area contributed by atoms with Crippen LogP contribution in [0, 0.1) is 5.92 Å². The van der Waals surface area contributed by atoms with Crippen molar-refractivity contribution in [1.29, 1.82) is 0 Å². The summed E-state index contributed by atoms with van der Waals surface area (Å²) in [4.78, 5) is 6.17. The molecule has 4 rings (SSSR count). The highest BCUT2D eigenvalue weighted by Crippen LogP contribution is 2.33. The molecule has 1 fully saturated rings. The maximum atomic E-state index is 3.35. The smallest absolute Gasteiger partial charge is 0.0456 e. The molecule has 22 heavy (non-hydrogen) atoms. The lowest BCUT2D eigenvalue weighted by molar-refractivity contribution is 0.122. The van der Waals surface area contributed by atoms with Crippen molar-refractivity contribution in [2.75, 3.05) is 13.1 Å². The Morgan fingerprint density at radius 2 is 2.09 bits per heavy atom. The van der Waals surface area contributed by atoms with Gasteiger partial charge in [0.1, 0.15) is 0 Å². The molecule has 2 aliphatic carbocycles. The van der Waals surface area contributed by atoms with E-state index in [0.717, 1.165) is 12.0 Å². The monoisotopic (exact) mass is 296 g/mol. The molecule has 0 saturated heterocycles. The van der Waals surface area contributed by atoms with Crippen LogP contribution < -0.4 is 0 Å². The number of aryl methyl sites for hydroxylation is 1. The van der Waals surface area contributed by atoms with Gasteiger partial charge in [-0.3, -0.25) is 4.90 Å². The van der Waals surface area contributed by atoms with Gasteiger partial charge in [-0.25, -0.2) is 0 Å². The maximum absolute atomic E-state index is 3.35. The third-order valence-corrected chi connectivity index (χ3v) is 5.87. The van der Waals surface area contributed by atoms with Gasteiger partial charge in [0.2, 0.25) is 0 Å². The van der Waals surface area contributed by atoms with Crippen LogP contribution in [0.1, 0.15) is 50.2 Å². The van der Waals surface area contributed by atoms with Crippen molar-refractivity contribution < 1.29 is 0 Å². The van der Waals surface area contributed by atoms with E-state index in [-0.39, 0.29) is 0 Å². The van der Waals surface area contributed by atoms with E-state index in [1.54, 1.807) is 11.1 Å². The molecule has 1 saturated carbocycles. The summed E-state index contributed by atoms with van der Waals surface area (Å²) in [6, 6.07) is 7.66. The van der Waals surface area contributed by atoms with Crippen molar-refractivity contribution >= 4 is 10.9 Å². The first-order valence-corrected chi connectivity index (χ1v) is 9.17. The first-order chi connectivity index (χ1) is 10.8. The summed E-state index contributed by atoms with van der Waals surface area (Å²) >= 11 is 0. The summed E-state index contributed by atoms with van der Waals surface area (Å²) in [7, 11) is 0. The molecule has 0 bridgehead atoms. The highest BCUT2D eigenvalue weighted by atomic mass is 15.2. The summed E-state index contributed by atoms with van der Waals surface area (Å²) in [5, 5.41) is 1.46. The van der Waals surface area contributed by atoms with Gasteiger partial charge in [0.25, 0.3) is 0 Å². The molecule has 0 amide bonds. The van der Waals surface area contributed by atoms with E-state index in [9.17, 15) is 0 Å². The lowest BCUT2D eigenvalue weighted by Gasteiger charge is -2.39. The van der Waals surface area contributed by atoms with E-state index in [2.05, 4.69) is 41.2 Å². The molecule has 1 heterocycles. The molecule has 1 unspecified atom stereocenters. The number of rotatable bonds is 5. The van der Waals surface area contributed by atoms with Gasteiger partial charge >= 0.3 is 0 Å². The standard InChI is InChI=1S/C20H28N2/c1-2-12-22(14-15-4-3-5-15)17-7-8-18-16(13-17)6-9-20-19(18)10-11-21-20/h6,9-11,15,17,21H,2-5,7-8,12-14H2,1H3. The zero-order chi connectivity index (χ0) is 14.9. The second kappa shape index (κ2) is 6.08. The summed E-state index contributed by atoms with van der Waals surface area (Å²) in [5.74, 6) is 0.986. The van der Waals surface area contributed by atoms with E-state index >= 15 is 0 Å². The Bertz CT molecular complexity index is 638. The summed E-state index contributed by atoms with van der Waals surface area (Å²) < 4.78 is 0. The lowest BCUT2D eigenvalue weighted by Crippen LogP contribution is -2.43. The third-order valence-electron chi connectivity index (χ3n) is 5.87. The number of hydrogen-bond donors (Lipinski definition) is 1. The molecule has 2 aliphatic rings. The van der Waals surface area contributed by atoms with Crippen molar-refractivity contribution in [2.24, 2.45) is 5.92 Å². The molecule has 0 aliphatic heterocycles. The molecule has 1 atom stereocenters. The van der Waals surface area contributed by atoms with Crippen molar-refractivity contribution in [2.45, 2.75) is 57.9 Å². The molecule has 1 N–H and O–H groups in total. The zero-order valence-electron chi connectivity index (χ0n) is 13.8. The fourth-order valence-electron chi connectivity index (χ4n) is 4.42. The van der Waals surface area contributed by atoms with Gasteiger partial charge in [-0.1, -0.05) is 19.4 Å². The molecule has 1 aromatic heterocycles. The number of hydrogen-bond acceptors (Lipinski definition) is 1. The van der Waals surface area contributed by atoms with Crippen LogP contribution in [0.15, 0.2) is 24.4 Å². The minimum absolute atomic E-state index is 0.768. The van der Waals surface area contributed by atoms with Crippen LogP contribution in [0.4, 0.5) is 0 Å². The fourth-order valence-corrected chi connectivity index (χ4v) is 4.42. The van der Waals surface area contributed by atoms with Crippen LogP contribution >= 0.6 is 0 Å². The first kappa shape index (κ1) is 14.3. The fraction of sp³-hybridized carbons (Fsp3) is 0.600. The highest BCUT2D eigenvalue weighted by molar-refractivity contribution is 5.84. The molecule has 0 radical (unpaired) electrons. The van der Waals surface area contributed by atoms with E-state index < -0.39 is 0 Å². The van der Waals surface area contributed by atoms with Gasteiger partial charge in [0.15, 0.2) is 0 Å². The van der Waals surface area contributed by atoms with Gasteiger partial charge < -0.3 is 4.98 Å². The third kappa shape index (κ3) is 2.58. The van der Waals surface area contributed by atoms with Crippen LogP contribution in [0.3, 0.4) is 0 Å². The largest absolute Gasteiger partial charge is 0.361 e. The lowest BCUT2D eigenvalue weighted by atomic mass is 9.82. The zero-order valence-corrected chi connectivity index (χ0v) is 13.8. The Morgan fingerprint density at radius 1 is 1.18 bits per heavy atom. The number of benzene rings is 1. The minimum atomic E-state index is 0.768. The molecule has 0 spiro atoms. The Balaban J connectivity index is 1.53. The SMILES string of the molecule is CCCN(CC1CCC1)C1CCc2c(ccc3[nH]ccc23)C1. The van der Waals surface area contributed by atoms with E-state index in [1.165, 1.54) is 68.9 Å². The summed E-state index contributed by atoms with van der Waals surface area (Å²) in [6.45, 7) is 4.96. The van der Waals surface area contributed by atoms with Gasteiger partial charge in [0.05, 0.1) is 0 Å². The number of aromatic nitrogens is 1. The summed E-state index contributed by atoms with van der Waals surface area (Å²) in [5.41, 5.74) is 4.50. The van der Waals surface area contributed by atoms with Gasteiger partial charge in [-0.15, -0.1) is 0 Å². The van der Waals surface area contributed by atoms with Crippen molar-refractivity contribution in [1.82, 2.24) is 9.88 Å². The summed E-state index contributed by atoms with van der Waals surface area (Å²) in [6.07, 6.45) is 11.6. The van der Waals surface area contributed by atoms with Gasteiger partial charge in [-0.2, -0.15) is 0 Å². The topological polar surface area (TPSA) is 19.0 Å². The second-order valence-electron chi connectivity index (χ2n) is 7.33. The minimum Gasteiger partial charge on any atom is -0.361 e. The van der Waals surface area contributed by atoms with Crippen LogP contribution in [0.25, 0.3) is 10.9 Å². The number of nitrogens with zero attached hydrogens (tertiary/aromatic N) is 1. The van der Waals surface area contributed by atoms with Gasteiger partial charge in [-0.05, 0) is 74.2 Å². The molecule has 2 nitrogen and oxygen atoms in total. The molecular formula is C20H28N2. The van der Waals surface area contributed by atoms with Crippen LogP contribution in [0.5, 0.6) is 0 Å². The normalized spacial score (nSPS) is 22.0. The first-order valence-electron chi connectivity index (χ1n) is 9.17. The molecule has 2 heteroatoms. The van der Waals surface area contributed by atoms with E-state index in [1.807, 2.05) is 0 Å². The highest BCUT2D eigenvalue weighted by Gasteiger charge is 2.28. The van der Waals surface area contributed by atoms with Crippen LogP contribution in [-0.4, -0.2) is 29.0 Å². The Kier molecular flexibility index (Phi) is 3.96. The average molecular weight is 296 g/mol. The number of H-pyrrole nitrogens is 1. The Labute approximate surface area is 133 Å². The van der Waals surface area contributed by atoms with Crippen LogP contribution in [0.2, 0.25) is 0 Å². The second-order valence-corrected chi connectivity index (χ2v) is 7.33. The van der Waals surface area contributed by atoms with E-state index in [0.29, 0.717) is 0 Å².